The maximum atomic E-state index is 13.9. The molecule has 1 aliphatic rings. The van der Waals surface area contributed by atoms with Crippen molar-refractivity contribution in [3.8, 4) is 0 Å². The Kier molecular flexibility index (Phi) is 4.86. The largest absolute Gasteiger partial charge is 0.467 e. The van der Waals surface area contributed by atoms with Crippen molar-refractivity contribution < 1.29 is 13.9 Å². The average Bonchev–Trinajstić information content (AvgIpc) is 2.49. The lowest BCUT2D eigenvalue weighted by Gasteiger charge is -2.40. The van der Waals surface area contributed by atoms with E-state index < -0.39 is 5.54 Å². The number of esters is 1. The van der Waals surface area contributed by atoms with Gasteiger partial charge in [0.05, 0.1) is 12.8 Å². The van der Waals surface area contributed by atoms with Gasteiger partial charge in [-0.1, -0.05) is 26.0 Å². The molecule has 3 nitrogen and oxygen atoms in total. The average molecular weight is 293 g/mol. The topological polar surface area (TPSA) is 38.3 Å². The number of rotatable bonds is 4. The molecule has 1 N–H and O–H groups in total. The molecule has 0 bridgehead atoms. The number of hydrogen-bond donors (Lipinski definition) is 1. The highest BCUT2D eigenvalue weighted by molar-refractivity contribution is 5.84. The van der Waals surface area contributed by atoms with Crippen molar-refractivity contribution in [2.75, 3.05) is 12.4 Å². The first-order chi connectivity index (χ1) is 9.98. The molecule has 0 heterocycles. The third-order valence-electron chi connectivity index (χ3n) is 4.65. The molecule has 0 aliphatic heterocycles. The van der Waals surface area contributed by atoms with Crippen LogP contribution in [0.5, 0.6) is 0 Å². The van der Waals surface area contributed by atoms with E-state index in [0.29, 0.717) is 30.4 Å². The van der Waals surface area contributed by atoms with Gasteiger partial charge < -0.3 is 10.1 Å². The summed E-state index contributed by atoms with van der Waals surface area (Å²) < 4.78 is 18.8. The van der Waals surface area contributed by atoms with Crippen molar-refractivity contribution in [1.82, 2.24) is 0 Å². The van der Waals surface area contributed by atoms with Crippen LogP contribution >= 0.6 is 0 Å². The Morgan fingerprint density at radius 1 is 1.33 bits per heavy atom. The van der Waals surface area contributed by atoms with Crippen molar-refractivity contribution in [3.05, 3.63) is 30.1 Å². The molecule has 1 aromatic rings. The van der Waals surface area contributed by atoms with E-state index in [1.807, 2.05) is 0 Å². The van der Waals surface area contributed by atoms with Gasteiger partial charge in [0.1, 0.15) is 11.4 Å². The number of para-hydroxylation sites is 1. The highest BCUT2D eigenvalue weighted by Crippen LogP contribution is 2.39. The summed E-state index contributed by atoms with van der Waals surface area (Å²) in [7, 11) is 1.39. The quantitative estimate of drug-likeness (QED) is 0.853. The van der Waals surface area contributed by atoms with Crippen LogP contribution in [0.4, 0.5) is 10.1 Å². The minimum atomic E-state index is -0.803. The Hall–Kier alpha value is -1.58. The van der Waals surface area contributed by atoms with Crippen LogP contribution in [-0.2, 0) is 9.53 Å². The summed E-state index contributed by atoms with van der Waals surface area (Å²) in [6.07, 6.45) is 3.26. The molecule has 0 saturated heterocycles. The van der Waals surface area contributed by atoms with Crippen LogP contribution in [-0.4, -0.2) is 18.6 Å². The number of methoxy groups -OCH3 is 1. The summed E-state index contributed by atoms with van der Waals surface area (Å²) in [5.74, 6) is 0.582. The van der Waals surface area contributed by atoms with Gasteiger partial charge >= 0.3 is 5.97 Å². The van der Waals surface area contributed by atoms with Crippen molar-refractivity contribution in [2.24, 2.45) is 11.8 Å². The summed E-state index contributed by atoms with van der Waals surface area (Å²) in [5, 5.41) is 3.12. The molecule has 0 atom stereocenters. The molecule has 0 unspecified atom stereocenters. The second kappa shape index (κ2) is 6.46. The van der Waals surface area contributed by atoms with Gasteiger partial charge in [-0.05, 0) is 49.7 Å². The van der Waals surface area contributed by atoms with Gasteiger partial charge in [0.15, 0.2) is 0 Å². The zero-order valence-corrected chi connectivity index (χ0v) is 13.0. The normalized spacial score (nSPS) is 25.7. The van der Waals surface area contributed by atoms with E-state index in [9.17, 15) is 9.18 Å². The minimum absolute atomic E-state index is 0.298. The molecule has 1 saturated carbocycles. The molecule has 0 radical (unpaired) electrons. The van der Waals surface area contributed by atoms with Gasteiger partial charge in [-0.3, -0.25) is 0 Å². The first-order valence-corrected chi connectivity index (χ1v) is 7.59. The van der Waals surface area contributed by atoms with Gasteiger partial charge in [0, 0.05) is 0 Å². The molecule has 0 spiro atoms. The van der Waals surface area contributed by atoms with E-state index in [4.69, 9.17) is 4.74 Å². The lowest BCUT2D eigenvalue weighted by atomic mass is 9.72. The van der Waals surface area contributed by atoms with Crippen LogP contribution in [0.2, 0.25) is 0 Å². The van der Waals surface area contributed by atoms with Crippen LogP contribution < -0.4 is 5.32 Å². The Labute approximate surface area is 125 Å². The second-order valence-corrected chi connectivity index (χ2v) is 6.26. The molecule has 0 aromatic heterocycles. The third kappa shape index (κ3) is 3.36. The van der Waals surface area contributed by atoms with E-state index in [-0.39, 0.29) is 11.8 Å². The summed E-state index contributed by atoms with van der Waals surface area (Å²) in [6.45, 7) is 4.42. The summed E-state index contributed by atoms with van der Waals surface area (Å²) in [5.41, 5.74) is -0.437. The highest BCUT2D eigenvalue weighted by Gasteiger charge is 2.43. The molecule has 21 heavy (non-hydrogen) atoms. The fraction of sp³-hybridized carbons (Fsp3) is 0.588. The number of carbonyl (C=O) groups is 1. The van der Waals surface area contributed by atoms with Gasteiger partial charge in [0.2, 0.25) is 0 Å². The number of ether oxygens (including phenoxy) is 1. The van der Waals surface area contributed by atoms with E-state index >= 15 is 0 Å². The number of halogens is 1. The molecule has 1 fully saturated rings. The molecular weight excluding hydrogens is 269 g/mol. The van der Waals surface area contributed by atoms with Crippen molar-refractivity contribution >= 4 is 11.7 Å². The Morgan fingerprint density at radius 3 is 2.48 bits per heavy atom. The van der Waals surface area contributed by atoms with Gasteiger partial charge in [-0.2, -0.15) is 0 Å². The van der Waals surface area contributed by atoms with Crippen molar-refractivity contribution in [3.63, 3.8) is 0 Å². The van der Waals surface area contributed by atoms with E-state index in [2.05, 4.69) is 19.2 Å². The third-order valence-corrected chi connectivity index (χ3v) is 4.65. The van der Waals surface area contributed by atoms with Crippen LogP contribution in [0.15, 0.2) is 24.3 Å². The van der Waals surface area contributed by atoms with Crippen molar-refractivity contribution in [1.29, 1.82) is 0 Å². The lowest BCUT2D eigenvalue weighted by molar-refractivity contribution is -0.147. The fourth-order valence-electron chi connectivity index (χ4n) is 3.20. The van der Waals surface area contributed by atoms with E-state index in [0.717, 1.165) is 12.8 Å². The molecule has 0 amide bonds. The predicted molar refractivity (Wildman–Crippen MR) is 81.6 cm³/mol. The number of benzene rings is 1. The maximum Gasteiger partial charge on any atom is 0.331 e. The summed E-state index contributed by atoms with van der Waals surface area (Å²) in [4.78, 5) is 12.3. The Morgan fingerprint density at radius 2 is 1.95 bits per heavy atom. The Bertz CT molecular complexity index is 493. The van der Waals surface area contributed by atoms with Gasteiger partial charge in [0.25, 0.3) is 0 Å². The van der Waals surface area contributed by atoms with E-state index in [1.54, 1.807) is 18.2 Å². The number of hydrogen-bond acceptors (Lipinski definition) is 3. The van der Waals surface area contributed by atoms with Crippen LogP contribution in [0.3, 0.4) is 0 Å². The number of nitrogens with one attached hydrogen (secondary N) is 1. The molecule has 1 aliphatic carbocycles. The minimum Gasteiger partial charge on any atom is -0.467 e. The molecule has 1 aromatic carbocycles. The number of carbonyl (C=O) groups excluding carboxylic acids is 1. The SMILES string of the molecule is COC(=O)C1(Nc2ccccc2F)CCC(C(C)C)CC1. The molecular formula is C17H24FNO2. The smallest absolute Gasteiger partial charge is 0.331 e. The van der Waals surface area contributed by atoms with Crippen LogP contribution in [0.1, 0.15) is 39.5 Å². The first kappa shape index (κ1) is 15.8. The van der Waals surface area contributed by atoms with Crippen LogP contribution in [0, 0.1) is 17.7 Å². The van der Waals surface area contributed by atoms with E-state index in [1.165, 1.54) is 13.2 Å². The molecule has 4 heteroatoms. The predicted octanol–water partition coefficient (Wildman–Crippen LogP) is 4.00. The van der Waals surface area contributed by atoms with Gasteiger partial charge in [-0.25, -0.2) is 9.18 Å². The standard InChI is InChI=1S/C17H24FNO2/c1-12(2)13-8-10-17(11-9-13,16(20)21-3)19-15-7-5-4-6-14(15)18/h4-7,12-13,19H,8-11H2,1-3H3. The monoisotopic (exact) mass is 293 g/mol. The fourth-order valence-corrected chi connectivity index (χ4v) is 3.20. The zero-order chi connectivity index (χ0) is 15.5. The lowest BCUT2D eigenvalue weighted by Crippen LogP contribution is -2.50. The highest BCUT2D eigenvalue weighted by atomic mass is 19.1. The summed E-state index contributed by atoms with van der Waals surface area (Å²) in [6, 6.07) is 6.46. The second-order valence-electron chi connectivity index (χ2n) is 6.26. The van der Waals surface area contributed by atoms with Gasteiger partial charge in [-0.15, -0.1) is 0 Å². The molecule has 2 rings (SSSR count). The zero-order valence-electron chi connectivity index (χ0n) is 13.0. The first-order valence-electron chi connectivity index (χ1n) is 7.59. The number of anilines is 1. The molecule has 116 valence electrons. The van der Waals surface area contributed by atoms with Crippen molar-refractivity contribution in [2.45, 2.75) is 45.1 Å². The Balaban J connectivity index is 2.20. The van der Waals surface area contributed by atoms with Crippen LogP contribution in [0.25, 0.3) is 0 Å². The maximum absolute atomic E-state index is 13.9. The summed E-state index contributed by atoms with van der Waals surface area (Å²) >= 11 is 0.